The number of hydrogen-bond donors (Lipinski definition) is 2. The van der Waals surface area contributed by atoms with Crippen LogP contribution in [0.15, 0.2) is 24.3 Å². The van der Waals surface area contributed by atoms with Gasteiger partial charge in [0.25, 0.3) is 0 Å². The zero-order chi connectivity index (χ0) is 15.5. The smallest absolute Gasteiger partial charge is 0.321 e. The molecule has 1 aromatic rings. The lowest BCUT2D eigenvalue weighted by molar-refractivity contribution is -0.0481. The van der Waals surface area contributed by atoms with E-state index in [1.165, 1.54) is 0 Å². The number of carbonyl (C=O) groups excluding carboxylic acids is 1. The molecule has 1 saturated heterocycles. The minimum absolute atomic E-state index is 0.184. The Morgan fingerprint density at radius 3 is 2.67 bits per heavy atom. The van der Waals surface area contributed by atoms with E-state index >= 15 is 0 Å². The van der Waals surface area contributed by atoms with Crippen LogP contribution in [0.4, 0.5) is 10.5 Å². The molecule has 1 heterocycles. The van der Waals surface area contributed by atoms with E-state index < -0.39 is 5.60 Å². The van der Waals surface area contributed by atoms with Crippen molar-refractivity contribution in [3.8, 4) is 6.07 Å². The maximum absolute atomic E-state index is 12.2. The van der Waals surface area contributed by atoms with Gasteiger partial charge in [-0.2, -0.15) is 5.26 Å². The average Bonchev–Trinajstić information content (AvgIpc) is 2.48. The van der Waals surface area contributed by atoms with Crippen LogP contribution in [-0.4, -0.2) is 34.7 Å². The van der Waals surface area contributed by atoms with Crippen LogP contribution in [-0.2, 0) is 0 Å². The Hall–Kier alpha value is -2.06. The number of likely N-dealkylation sites (tertiary alicyclic amines) is 1. The monoisotopic (exact) mass is 287 g/mol. The Morgan fingerprint density at radius 2 is 2.10 bits per heavy atom. The van der Waals surface area contributed by atoms with Crippen molar-refractivity contribution in [3.63, 3.8) is 0 Å². The highest BCUT2D eigenvalue weighted by molar-refractivity contribution is 5.89. The predicted octanol–water partition coefficient (Wildman–Crippen LogP) is 2.57. The van der Waals surface area contributed by atoms with Crippen molar-refractivity contribution < 1.29 is 9.90 Å². The number of nitriles is 1. The highest BCUT2D eigenvalue weighted by atomic mass is 16.3. The number of rotatable bonds is 2. The standard InChI is InChI=1S/C16H21N3O2/c1-12(2)16(21)6-8-19(9-7-16)15(20)18-14-5-3-4-13(10-14)11-17/h3-5,10,12,21H,6-9H2,1-2H3,(H,18,20). The summed E-state index contributed by atoms with van der Waals surface area (Å²) < 4.78 is 0. The fourth-order valence-corrected chi connectivity index (χ4v) is 2.54. The lowest BCUT2D eigenvalue weighted by Crippen LogP contribution is -2.50. The molecule has 0 aliphatic carbocycles. The number of carbonyl (C=O) groups is 1. The summed E-state index contributed by atoms with van der Waals surface area (Å²) in [5, 5.41) is 22.1. The maximum atomic E-state index is 12.2. The number of piperidine rings is 1. The number of aliphatic hydroxyl groups is 1. The molecule has 1 aliphatic heterocycles. The second-order valence-corrected chi connectivity index (χ2v) is 5.87. The summed E-state index contributed by atoms with van der Waals surface area (Å²) in [6.07, 6.45) is 1.19. The Labute approximate surface area is 125 Å². The summed E-state index contributed by atoms with van der Waals surface area (Å²) in [4.78, 5) is 13.9. The van der Waals surface area contributed by atoms with E-state index in [9.17, 15) is 9.90 Å². The van der Waals surface area contributed by atoms with E-state index in [4.69, 9.17) is 5.26 Å². The summed E-state index contributed by atoms with van der Waals surface area (Å²) in [6.45, 7) is 5.09. The number of hydrogen-bond acceptors (Lipinski definition) is 3. The second kappa shape index (κ2) is 6.15. The van der Waals surface area contributed by atoms with Crippen LogP contribution in [0.5, 0.6) is 0 Å². The molecule has 5 heteroatoms. The fraction of sp³-hybridized carbons (Fsp3) is 0.500. The Balaban J connectivity index is 1.95. The SMILES string of the molecule is CC(C)C1(O)CCN(C(=O)Nc2cccc(C#N)c2)CC1. The highest BCUT2D eigenvalue weighted by Gasteiger charge is 2.36. The van der Waals surface area contributed by atoms with Crippen molar-refractivity contribution in [2.75, 3.05) is 18.4 Å². The van der Waals surface area contributed by atoms with Crippen LogP contribution in [0.2, 0.25) is 0 Å². The topological polar surface area (TPSA) is 76.4 Å². The number of amides is 2. The van der Waals surface area contributed by atoms with Crippen LogP contribution >= 0.6 is 0 Å². The first kappa shape index (κ1) is 15.3. The number of benzene rings is 1. The van der Waals surface area contributed by atoms with Gasteiger partial charge in [-0.3, -0.25) is 0 Å². The first-order valence-electron chi connectivity index (χ1n) is 7.23. The van der Waals surface area contributed by atoms with Gasteiger partial charge in [0.15, 0.2) is 0 Å². The van der Waals surface area contributed by atoms with E-state index in [1.54, 1.807) is 29.2 Å². The van der Waals surface area contributed by atoms with Crippen molar-refractivity contribution in [2.24, 2.45) is 5.92 Å². The van der Waals surface area contributed by atoms with Gasteiger partial charge in [-0.05, 0) is 37.0 Å². The molecule has 5 nitrogen and oxygen atoms in total. The molecule has 2 rings (SSSR count). The summed E-state index contributed by atoms with van der Waals surface area (Å²) in [5.74, 6) is 0.190. The summed E-state index contributed by atoms with van der Waals surface area (Å²) >= 11 is 0. The van der Waals surface area contributed by atoms with E-state index in [1.807, 2.05) is 19.9 Å². The zero-order valence-corrected chi connectivity index (χ0v) is 12.5. The Bertz CT molecular complexity index is 555. The van der Waals surface area contributed by atoms with Gasteiger partial charge in [-0.25, -0.2) is 4.79 Å². The molecule has 0 atom stereocenters. The van der Waals surface area contributed by atoms with Gasteiger partial charge in [-0.15, -0.1) is 0 Å². The zero-order valence-electron chi connectivity index (χ0n) is 12.5. The van der Waals surface area contributed by atoms with Crippen LogP contribution in [0.25, 0.3) is 0 Å². The van der Waals surface area contributed by atoms with Crippen LogP contribution < -0.4 is 5.32 Å². The predicted molar refractivity (Wildman–Crippen MR) is 80.8 cm³/mol. The quantitative estimate of drug-likeness (QED) is 0.877. The van der Waals surface area contributed by atoms with Crippen LogP contribution in [0, 0.1) is 17.2 Å². The molecule has 0 spiro atoms. The van der Waals surface area contributed by atoms with Crippen molar-refractivity contribution in [1.29, 1.82) is 5.26 Å². The van der Waals surface area contributed by atoms with Gasteiger partial charge in [-0.1, -0.05) is 19.9 Å². The molecular weight excluding hydrogens is 266 g/mol. The van der Waals surface area contributed by atoms with Crippen LogP contribution in [0.3, 0.4) is 0 Å². The van der Waals surface area contributed by atoms with E-state index in [0.29, 0.717) is 37.2 Å². The largest absolute Gasteiger partial charge is 0.389 e. The maximum Gasteiger partial charge on any atom is 0.321 e. The molecule has 1 aromatic carbocycles. The molecular formula is C16H21N3O2. The Morgan fingerprint density at radius 1 is 1.43 bits per heavy atom. The molecule has 0 radical (unpaired) electrons. The van der Waals surface area contributed by atoms with Gasteiger partial charge in [0, 0.05) is 18.8 Å². The fourth-order valence-electron chi connectivity index (χ4n) is 2.54. The van der Waals surface area contributed by atoms with Crippen molar-refractivity contribution in [2.45, 2.75) is 32.3 Å². The normalized spacial score (nSPS) is 17.4. The number of nitrogens with one attached hydrogen (secondary N) is 1. The summed E-state index contributed by atoms with van der Waals surface area (Å²) in [7, 11) is 0. The number of urea groups is 1. The van der Waals surface area contributed by atoms with E-state index in [-0.39, 0.29) is 11.9 Å². The first-order valence-corrected chi connectivity index (χ1v) is 7.23. The molecule has 0 saturated carbocycles. The first-order chi connectivity index (χ1) is 9.94. The average molecular weight is 287 g/mol. The summed E-state index contributed by atoms with van der Waals surface area (Å²) in [6, 6.07) is 8.69. The van der Waals surface area contributed by atoms with Gasteiger partial charge < -0.3 is 15.3 Å². The molecule has 2 amide bonds. The summed E-state index contributed by atoms with van der Waals surface area (Å²) in [5.41, 5.74) is 0.460. The van der Waals surface area contributed by atoms with Crippen LogP contribution in [0.1, 0.15) is 32.3 Å². The Kier molecular flexibility index (Phi) is 4.49. The minimum atomic E-state index is -0.669. The minimum Gasteiger partial charge on any atom is -0.389 e. The van der Waals surface area contributed by atoms with Crippen molar-refractivity contribution in [1.82, 2.24) is 4.90 Å². The third kappa shape index (κ3) is 3.53. The molecule has 0 unspecified atom stereocenters. The lowest BCUT2D eigenvalue weighted by Gasteiger charge is -2.40. The van der Waals surface area contributed by atoms with E-state index in [2.05, 4.69) is 5.32 Å². The molecule has 1 fully saturated rings. The number of nitrogens with zero attached hydrogens (tertiary/aromatic N) is 2. The van der Waals surface area contributed by atoms with Gasteiger partial charge in [0.1, 0.15) is 0 Å². The molecule has 1 aliphatic rings. The molecule has 0 bridgehead atoms. The lowest BCUT2D eigenvalue weighted by atomic mass is 9.82. The van der Waals surface area contributed by atoms with Gasteiger partial charge in [0.05, 0.1) is 17.2 Å². The second-order valence-electron chi connectivity index (χ2n) is 5.87. The van der Waals surface area contributed by atoms with Crippen molar-refractivity contribution >= 4 is 11.7 Å². The third-order valence-electron chi connectivity index (χ3n) is 4.23. The molecule has 112 valence electrons. The number of anilines is 1. The molecule has 0 aromatic heterocycles. The van der Waals surface area contributed by atoms with Crippen molar-refractivity contribution in [3.05, 3.63) is 29.8 Å². The van der Waals surface area contributed by atoms with E-state index in [0.717, 1.165) is 0 Å². The molecule has 2 N–H and O–H groups in total. The molecule has 21 heavy (non-hydrogen) atoms. The van der Waals surface area contributed by atoms with Gasteiger partial charge >= 0.3 is 6.03 Å². The highest BCUT2D eigenvalue weighted by Crippen LogP contribution is 2.29. The van der Waals surface area contributed by atoms with Gasteiger partial charge in [0.2, 0.25) is 0 Å². The third-order valence-corrected chi connectivity index (χ3v) is 4.23.